The molecule has 0 spiro atoms. The third-order valence-electron chi connectivity index (χ3n) is 4.62. The number of ether oxygens (including phenoxy) is 1. The topological polar surface area (TPSA) is 83.0 Å². The molecular weight excluding hydrogens is 344 g/mol. The highest BCUT2D eigenvalue weighted by molar-refractivity contribution is 6.21. The summed E-state index contributed by atoms with van der Waals surface area (Å²) in [5.74, 6) is 1.02. The van der Waals surface area contributed by atoms with Gasteiger partial charge in [0.05, 0.1) is 11.1 Å². The van der Waals surface area contributed by atoms with Gasteiger partial charge in [0.25, 0.3) is 11.8 Å². The fourth-order valence-electron chi connectivity index (χ4n) is 2.96. The van der Waals surface area contributed by atoms with Gasteiger partial charge in [-0.15, -0.1) is 0 Å². The van der Waals surface area contributed by atoms with Gasteiger partial charge in [-0.25, -0.2) is 0 Å². The lowest BCUT2D eigenvalue weighted by atomic mass is 10.1. The van der Waals surface area contributed by atoms with Gasteiger partial charge >= 0.3 is 0 Å². The Bertz CT molecular complexity index is 665. The molecule has 1 fully saturated rings. The highest BCUT2D eigenvalue weighted by Gasteiger charge is 2.34. The van der Waals surface area contributed by atoms with Crippen LogP contribution in [0, 0.1) is 5.92 Å². The standard InChI is InChI=1S/C20H28N4O3/c1-2-21-20(22-10-5-13-27-14-15-8-9-15)23-11-12-24-18(25)16-6-3-4-7-17(16)19(24)26/h3-4,6-7,15H,2,5,8-14H2,1H3,(H2,21,22,23). The smallest absolute Gasteiger partial charge is 0.261 e. The van der Waals surface area contributed by atoms with Crippen molar-refractivity contribution in [3.63, 3.8) is 0 Å². The molecule has 2 amide bonds. The minimum absolute atomic E-state index is 0.229. The van der Waals surface area contributed by atoms with Crippen LogP contribution in [0.3, 0.4) is 0 Å². The molecule has 2 N–H and O–H groups in total. The van der Waals surface area contributed by atoms with E-state index in [9.17, 15) is 9.59 Å². The largest absolute Gasteiger partial charge is 0.381 e. The molecule has 7 nitrogen and oxygen atoms in total. The van der Waals surface area contributed by atoms with Gasteiger partial charge in [-0.3, -0.25) is 19.5 Å². The summed E-state index contributed by atoms with van der Waals surface area (Å²) < 4.78 is 5.61. The number of benzene rings is 1. The number of carbonyl (C=O) groups is 2. The van der Waals surface area contributed by atoms with Crippen molar-refractivity contribution in [2.45, 2.75) is 26.2 Å². The summed E-state index contributed by atoms with van der Waals surface area (Å²) in [7, 11) is 0. The number of nitrogens with one attached hydrogen (secondary N) is 2. The minimum Gasteiger partial charge on any atom is -0.381 e. The molecule has 0 bridgehead atoms. The number of carbonyl (C=O) groups excluding carboxylic acids is 2. The Kier molecular flexibility index (Phi) is 6.81. The summed E-state index contributed by atoms with van der Waals surface area (Å²) in [6, 6.07) is 6.94. The number of rotatable bonds is 10. The van der Waals surface area contributed by atoms with E-state index in [0.717, 1.165) is 32.1 Å². The lowest BCUT2D eigenvalue weighted by Crippen LogP contribution is -2.43. The Hall–Kier alpha value is -2.41. The summed E-state index contributed by atoms with van der Waals surface area (Å²) in [6.07, 6.45) is 3.49. The van der Waals surface area contributed by atoms with Gasteiger partial charge in [0.15, 0.2) is 5.96 Å². The highest BCUT2D eigenvalue weighted by atomic mass is 16.5. The minimum atomic E-state index is -0.229. The van der Waals surface area contributed by atoms with Gasteiger partial charge < -0.3 is 15.4 Å². The number of fused-ring (bicyclic) bond motifs is 1. The second-order valence-corrected chi connectivity index (χ2v) is 6.87. The first-order valence-electron chi connectivity index (χ1n) is 9.76. The van der Waals surface area contributed by atoms with Gasteiger partial charge in [0.2, 0.25) is 0 Å². The molecule has 0 unspecified atom stereocenters. The lowest BCUT2D eigenvalue weighted by molar-refractivity contribution is 0.0657. The van der Waals surface area contributed by atoms with Crippen molar-refractivity contribution in [2.24, 2.45) is 10.9 Å². The molecule has 1 aromatic rings. The van der Waals surface area contributed by atoms with E-state index in [1.165, 1.54) is 17.7 Å². The molecule has 1 saturated carbocycles. The molecule has 2 aliphatic rings. The first-order chi connectivity index (χ1) is 13.2. The summed E-state index contributed by atoms with van der Waals surface area (Å²) in [5, 5.41) is 6.36. The molecular formula is C20H28N4O3. The number of imide groups is 1. The van der Waals surface area contributed by atoms with Crippen molar-refractivity contribution in [1.29, 1.82) is 0 Å². The molecule has 0 atom stereocenters. The van der Waals surface area contributed by atoms with E-state index in [2.05, 4.69) is 15.6 Å². The highest BCUT2D eigenvalue weighted by Crippen LogP contribution is 2.28. The normalized spacial score (nSPS) is 16.6. The third-order valence-corrected chi connectivity index (χ3v) is 4.62. The second kappa shape index (κ2) is 9.50. The summed E-state index contributed by atoms with van der Waals surface area (Å²) >= 11 is 0. The summed E-state index contributed by atoms with van der Waals surface area (Å²) in [6.45, 7) is 5.79. The zero-order valence-corrected chi connectivity index (χ0v) is 15.9. The van der Waals surface area contributed by atoms with Crippen LogP contribution in [0.2, 0.25) is 0 Å². The van der Waals surface area contributed by atoms with Gasteiger partial charge in [0.1, 0.15) is 0 Å². The Morgan fingerprint density at radius 1 is 1.19 bits per heavy atom. The molecule has 1 heterocycles. The number of hydrogen-bond donors (Lipinski definition) is 2. The van der Waals surface area contributed by atoms with Crippen LogP contribution >= 0.6 is 0 Å². The second-order valence-electron chi connectivity index (χ2n) is 6.87. The van der Waals surface area contributed by atoms with Crippen molar-refractivity contribution in [3.05, 3.63) is 35.4 Å². The number of hydrogen-bond acceptors (Lipinski definition) is 4. The average molecular weight is 372 g/mol. The Balaban J connectivity index is 1.40. The van der Waals surface area contributed by atoms with Crippen LogP contribution in [0.25, 0.3) is 0 Å². The third kappa shape index (κ3) is 5.29. The van der Waals surface area contributed by atoms with Crippen LogP contribution in [-0.4, -0.2) is 62.1 Å². The van der Waals surface area contributed by atoms with Gasteiger partial charge in [0, 0.05) is 39.4 Å². The van der Waals surface area contributed by atoms with Crippen LogP contribution in [-0.2, 0) is 4.74 Å². The molecule has 146 valence electrons. The van der Waals surface area contributed by atoms with Crippen molar-refractivity contribution >= 4 is 17.8 Å². The van der Waals surface area contributed by atoms with E-state index in [1.807, 2.05) is 6.92 Å². The number of nitrogens with zero attached hydrogens (tertiary/aromatic N) is 2. The van der Waals surface area contributed by atoms with Gasteiger partial charge in [-0.1, -0.05) is 12.1 Å². The quantitative estimate of drug-likeness (QED) is 0.282. The maximum absolute atomic E-state index is 12.4. The molecule has 7 heteroatoms. The van der Waals surface area contributed by atoms with Crippen LogP contribution in [0.1, 0.15) is 46.9 Å². The van der Waals surface area contributed by atoms with Crippen LogP contribution in [0.4, 0.5) is 0 Å². The monoisotopic (exact) mass is 372 g/mol. The Morgan fingerprint density at radius 3 is 2.52 bits per heavy atom. The van der Waals surface area contributed by atoms with E-state index in [4.69, 9.17) is 4.74 Å². The van der Waals surface area contributed by atoms with E-state index in [-0.39, 0.29) is 11.8 Å². The van der Waals surface area contributed by atoms with E-state index in [1.54, 1.807) is 24.3 Å². The summed E-state index contributed by atoms with van der Waals surface area (Å²) in [4.78, 5) is 30.5. The zero-order valence-electron chi connectivity index (χ0n) is 15.9. The van der Waals surface area contributed by atoms with Gasteiger partial charge in [-0.05, 0) is 44.2 Å². The van der Waals surface area contributed by atoms with E-state index < -0.39 is 0 Å². The first kappa shape index (κ1) is 19.4. The number of guanidine groups is 1. The number of amides is 2. The SMILES string of the molecule is CCNC(=NCCCOCC1CC1)NCCN1C(=O)c2ccccc2C1=O. The van der Waals surface area contributed by atoms with Crippen molar-refractivity contribution in [3.8, 4) is 0 Å². The summed E-state index contributed by atoms with van der Waals surface area (Å²) in [5.41, 5.74) is 0.962. The molecule has 0 radical (unpaired) electrons. The van der Waals surface area contributed by atoms with Crippen molar-refractivity contribution < 1.29 is 14.3 Å². The molecule has 1 aliphatic heterocycles. The molecule has 3 rings (SSSR count). The van der Waals surface area contributed by atoms with Crippen molar-refractivity contribution in [2.75, 3.05) is 39.4 Å². The van der Waals surface area contributed by atoms with E-state index >= 15 is 0 Å². The maximum Gasteiger partial charge on any atom is 0.261 e. The van der Waals surface area contributed by atoms with Crippen molar-refractivity contribution in [1.82, 2.24) is 15.5 Å². The Labute approximate surface area is 160 Å². The molecule has 1 aromatic carbocycles. The van der Waals surface area contributed by atoms with Crippen LogP contribution in [0.15, 0.2) is 29.3 Å². The molecule has 0 aromatic heterocycles. The Morgan fingerprint density at radius 2 is 1.89 bits per heavy atom. The molecule has 27 heavy (non-hydrogen) atoms. The lowest BCUT2D eigenvalue weighted by Gasteiger charge is -2.16. The fourth-order valence-corrected chi connectivity index (χ4v) is 2.96. The van der Waals surface area contributed by atoms with Gasteiger partial charge in [-0.2, -0.15) is 0 Å². The number of aliphatic imine (C=N–C) groups is 1. The van der Waals surface area contributed by atoms with E-state index in [0.29, 0.717) is 36.7 Å². The zero-order chi connectivity index (χ0) is 19.1. The van der Waals surface area contributed by atoms with Crippen LogP contribution < -0.4 is 10.6 Å². The predicted molar refractivity (Wildman–Crippen MR) is 104 cm³/mol. The maximum atomic E-state index is 12.4. The predicted octanol–water partition coefficient (Wildman–Crippen LogP) is 1.65. The molecule has 0 saturated heterocycles. The first-order valence-corrected chi connectivity index (χ1v) is 9.76. The molecule has 1 aliphatic carbocycles. The fraction of sp³-hybridized carbons (Fsp3) is 0.550. The average Bonchev–Trinajstić information content (AvgIpc) is 3.47. The van der Waals surface area contributed by atoms with Crippen LogP contribution in [0.5, 0.6) is 0 Å².